The van der Waals surface area contributed by atoms with Gasteiger partial charge in [0.1, 0.15) is 11.9 Å². The molecule has 4 heteroatoms. The van der Waals surface area contributed by atoms with E-state index in [4.69, 9.17) is 0 Å². The van der Waals surface area contributed by atoms with E-state index in [0.717, 1.165) is 0 Å². The molecule has 0 saturated heterocycles. The molecule has 0 amide bonds. The Bertz CT molecular complexity index is 511. The second kappa shape index (κ2) is 4.84. The molecular weight excluding hydrogens is 221 g/mol. The predicted molar refractivity (Wildman–Crippen MR) is 59.9 cm³/mol. The highest BCUT2D eigenvalue weighted by Crippen LogP contribution is 2.17. The summed E-state index contributed by atoms with van der Waals surface area (Å²) in [5.41, 5.74) is 0.741. The summed E-state index contributed by atoms with van der Waals surface area (Å²) in [6.45, 7) is 0. The fourth-order valence-corrected chi connectivity index (χ4v) is 1.47. The molecule has 2 aromatic rings. The zero-order valence-electron chi connectivity index (χ0n) is 8.88. The van der Waals surface area contributed by atoms with Crippen molar-refractivity contribution < 1.29 is 14.3 Å². The van der Waals surface area contributed by atoms with Crippen LogP contribution in [-0.4, -0.2) is 15.9 Å². The quantitative estimate of drug-likeness (QED) is 0.823. The summed E-state index contributed by atoms with van der Waals surface area (Å²) in [6.07, 6.45) is 1.75. The van der Waals surface area contributed by atoms with Gasteiger partial charge in [0.15, 0.2) is 5.78 Å². The van der Waals surface area contributed by atoms with E-state index in [9.17, 15) is 14.3 Å². The number of carbonyl (C=O) groups excluding carboxylic acids is 1. The summed E-state index contributed by atoms with van der Waals surface area (Å²) in [4.78, 5) is 15.7. The summed E-state index contributed by atoms with van der Waals surface area (Å²) >= 11 is 0. The number of Topliss-reactive ketones (excluding diaryl/α,β-unsaturated/α-hetero) is 1. The Morgan fingerprint density at radius 3 is 2.29 bits per heavy atom. The summed E-state index contributed by atoms with van der Waals surface area (Å²) in [6, 6.07) is 8.20. The minimum absolute atomic E-state index is 0.274. The summed E-state index contributed by atoms with van der Waals surface area (Å²) < 4.78 is 12.7. The van der Waals surface area contributed by atoms with Gasteiger partial charge in [0.05, 0.1) is 0 Å². The number of pyridine rings is 1. The lowest BCUT2D eigenvalue weighted by atomic mass is 10.0. The van der Waals surface area contributed by atoms with Crippen LogP contribution in [0.25, 0.3) is 0 Å². The molecule has 0 radical (unpaired) electrons. The highest BCUT2D eigenvalue weighted by atomic mass is 19.1. The predicted octanol–water partition coefficient (Wildman–Crippen LogP) is 2.14. The molecule has 1 N–H and O–H groups in total. The Kier molecular flexibility index (Phi) is 3.25. The van der Waals surface area contributed by atoms with Crippen molar-refractivity contribution in [1.29, 1.82) is 0 Å². The molecule has 0 fully saturated rings. The molecule has 1 aromatic heterocycles. The van der Waals surface area contributed by atoms with E-state index in [-0.39, 0.29) is 5.56 Å². The first-order valence-corrected chi connectivity index (χ1v) is 5.06. The minimum atomic E-state index is -1.25. The number of rotatable bonds is 3. The van der Waals surface area contributed by atoms with Gasteiger partial charge in [-0.3, -0.25) is 9.78 Å². The van der Waals surface area contributed by atoms with Crippen molar-refractivity contribution in [3.05, 3.63) is 65.7 Å². The lowest BCUT2D eigenvalue weighted by Gasteiger charge is -2.09. The normalized spacial score (nSPS) is 12.1. The Morgan fingerprint density at radius 2 is 1.71 bits per heavy atom. The molecule has 0 spiro atoms. The zero-order valence-corrected chi connectivity index (χ0v) is 8.88. The minimum Gasteiger partial charge on any atom is -0.380 e. The molecule has 1 atom stereocenters. The van der Waals surface area contributed by atoms with E-state index in [2.05, 4.69) is 4.98 Å². The number of aromatic nitrogens is 1. The van der Waals surface area contributed by atoms with Crippen LogP contribution < -0.4 is 0 Å². The lowest BCUT2D eigenvalue weighted by molar-refractivity contribution is 0.0747. The molecule has 1 heterocycles. The zero-order chi connectivity index (χ0) is 12.3. The standard InChI is InChI=1S/C13H10FNO2/c14-11-3-1-9(2-4-11)12(16)13(17)10-5-7-15-8-6-10/h1-8,13,17H/t13-/m0/s1. The fourth-order valence-electron chi connectivity index (χ4n) is 1.47. The third-order valence-corrected chi connectivity index (χ3v) is 2.40. The number of ketones is 1. The van der Waals surface area contributed by atoms with E-state index in [1.165, 1.54) is 36.7 Å². The largest absolute Gasteiger partial charge is 0.380 e. The third-order valence-electron chi connectivity index (χ3n) is 2.40. The molecule has 0 aliphatic carbocycles. The Hall–Kier alpha value is -2.07. The van der Waals surface area contributed by atoms with Crippen LogP contribution in [0, 0.1) is 5.82 Å². The number of hydrogen-bond donors (Lipinski definition) is 1. The smallest absolute Gasteiger partial charge is 0.195 e. The van der Waals surface area contributed by atoms with Crippen molar-refractivity contribution in [2.75, 3.05) is 0 Å². The van der Waals surface area contributed by atoms with Crippen LogP contribution in [0.2, 0.25) is 0 Å². The van der Waals surface area contributed by atoms with Crippen molar-refractivity contribution in [3.8, 4) is 0 Å². The Balaban J connectivity index is 2.23. The van der Waals surface area contributed by atoms with Gasteiger partial charge < -0.3 is 5.11 Å². The van der Waals surface area contributed by atoms with E-state index in [1.54, 1.807) is 12.1 Å². The monoisotopic (exact) mass is 231 g/mol. The van der Waals surface area contributed by atoms with Gasteiger partial charge in [-0.15, -0.1) is 0 Å². The van der Waals surface area contributed by atoms with Gasteiger partial charge in [-0.05, 0) is 42.0 Å². The second-order valence-electron chi connectivity index (χ2n) is 3.55. The molecule has 0 aliphatic rings. The second-order valence-corrected chi connectivity index (χ2v) is 3.55. The molecule has 3 nitrogen and oxygen atoms in total. The van der Waals surface area contributed by atoms with Crippen LogP contribution >= 0.6 is 0 Å². The number of halogens is 1. The van der Waals surface area contributed by atoms with Crippen molar-refractivity contribution in [2.24, 2.45) is 0 Å². The molecule has 1 aromatic carbocycles. The van der Waals surface area contributed by atoms with Crippen LogP contribution in [0.15, 0.2) is 48.8 Å². The van der Waals surface area contributed by atoms with Crippen LogP contribution in [0.1, 0.15) is 22.0 Å². The van der Waals surface area contributed by atoms with Crippen molar-refractivity contribution in [3.63, 3.8) is 0 Å². The molecule has 17 heavy (non-hydrogen) atoms. The number of aliphatic hydroxyl groups is 1. The first kappa shape index (κ1) is 11.4. The van der Waals surface area contributed by atoms with Crippen LogP contribution in [0.5, 0.6) is 0 Å². The maximum atomic E-state index is 12.7. The van der Waals surface area contributed by atoms with Crippen molar-refractivity contribution in [1.82, 2.24) is 4.98 Å². The SMILES string of the molecule is O=C(c1ccc(F)cc1)[C@@H](O)c1ccncc1. The number of benzene rings is 1. The van der Waals surface area contributed by atoms with Gasteiger partial charge in [-0.25, -0.2) is 4.39 Å². The molecule has 0 bridgehead atoms. The molecule has 0 saturated carbocycles. The van der Waals surface area contributed by atoms with Crippen LogP contribution in [-0.2, 0) is 0 Å². The fraction of sp³-hybridized carbons (Fsp3) is 0.0769. The molecule has 0 unspecified atom stereocenters. The Morgan fingerprint density at radius 1 is 1.12 bits per heavy atom. The maximum absolute atomic E-state index is 12.7. The van der Waals surface area contributed by atoms with Crippen LogP contribution in [0.4, 0.5) is 4.39 Å². The van der Waals surface area contributed by atoms with Gasteiger partial charge in [-0.1, -0.05) is 0 Å². The highest BCUT2D eigenvalue weighted by molar-refractivity contribution is 5.99. The number of nitrogens with zero attached hydrogens (tertiary/aromatic N) is 1. The van der Waals surface area contributed by atoms with Crippen LogP contribution in [0.3, 0.4) is 0 Å². The lowest BCUT2D eigenvalue weighted by Crippen LogP contribution is -2.12. The van der Waals surface area contributed by atoms with Gasteiger partial charge in [-0.2, -0.15) is 0 Å². The van der Waals surface area contributed by atoms with E-state index in [1.807, 2.05) is 0 Å². The number of hydrogen-bond acceptors (Lipinski definition) is 3. The average molecular weight is 231 g/mol. The van der Waals surface area contributed by atoms with E-state index >= 15 is 0 Å². The van der Waals surface area contributed by atoms with E-state index < -0.39 is 17.7 Å². The average Bonchev–Trinajstić information content (AvgIpc) is 2.39. The Labute approximate surface area is 97.6 Å². The molecule has 2 rings (SSSR count). The first-order chi connectivity index (χ1) is 8.18. The third kappa shape index (κ3) is 2.54. The van der Waals surface area contributed by atoms with Crippen molar-refractivity contribution >= 4 is 5.78 Å². The topological polar surface area (TPSA) is 50.2 Å². The molecule has 86 valence electrons. The highest BCUT2D eigenvalue weighted by Gasteiger charge is 2.18. The van der Waals surface area contributed by atoms with E-state index in [0.29, 0.717) is 5.56 Å². The number of carbonyl (C=O) groups is 1. The molecular formula is C13H10FNO2. The van der Waals surface area contributed by atoms with Gasteiger partial charge >= 0.3 is 0 Å². The van der Waals surface area contributed by atoms with Gasteiger partial charge in [0, 0.05) is 18.0 Å². The first-order valence-electron chi connectivity index (χ1n) is 5.06. The number of aliphatic hydroxyl groups excluding tert-OH is 1. The van der Waals surface area contributed by atoms with Crippen molar-refractivity contribution in [2.45, 2.75) is 6.10 Å². The summed E-state index contributed by atoms with van der Waals surface area (Å²) in [7, 11) is 0. The molecule has 0 aliphatic heterocycles. The summed E-state index contributed by atoms with van der Waals surface area (Å²) in [5, 5.41) is 9.84. The van der Waals surface area contributed by atoms with Gasteiger partial charge in [0.2, 0.25) is 0 Å². The summed E-state index contributed by atoms with van der Waals surface area (Å²) in [5.74, 6) is -0.879. The van der Waals surface area contributed by atoms with Gasteiger partial charge in [0.25, 0.3) is 0 Å². The maximum Gasteiger partial charge on any atom is 0.195 e.